The van der Waals surface area contributed by atoms with E-state index >= 15 is 0 Å². The zero-order chi connectivity index (χ0) is 10.9. The Morgan fingerprint density at radius 3 is 2.73 bits per heavy atom. The van der Waals surface area contributed by atoms with Crippen LogP contribution in [-0.4, -0.2) is 5.54 Å². The third-order valence-corrected chi connectivity index (χ3v) is 3.01. The van der Waals surface area contributed by atoms with E-state index in [0.29, 0.717) is 5.92 Å². The first-order valence-corrected chi connectivity index (χ1v) is 5.40. The summed E-state index contributed by atoms with van der Waals surface area (Å²) < 4.78 is 0. The standard InChI is InChI=1S/C13H16N2/c1-10-4-3-5-12(6-10)15-13(9-14)7-11(2)8-13/h3-6,11,15H,7-8H2,1-2H3. The molecular formula is C13H16N2. The molecule has 0 atom stereocenters. The maximum absolute atomic E-state index is 9.17. The second kappa shape index (κ2) is 3.58. The van der Waals surface area contributed by atoms with Gasteiger partial charge >= 0.3 is 0 Å². The summed E-state index contributed by atoms with van der Waals surface area (Å²) >= 11 is 0. The van der Waals surface area contributed by atoms with Crippen LogP contribution in [0.25, 0.3) is 0 Å². The van der Waals surface area contributed by atoms with Crippen molar-refractivity contribution in [3.63, 3.8) is 0 Å². The van der Waals surface area contributed by atoms with Crippen molar-refractivity contribution in [2.24, 2.45) is 5.92 Å². The smallest absolute Gasteiger partial charge is 0.125 e. The lowest BCUT2D eigenvalue weighted by molar-refractivity contribution is 0.244. The zero-order valence-electron chi connectivity index (χ0n) is 9.25. The van der Waals surface area contributed by atoms with Gasteiger partial charge in [-0.25, -0.2) is 0 Å². The number of hydrogen-bond donors (Lipinski definition) is 1. The summed E-state index contributed by atoms with van der Waals surface area (Å²) in [6.07, 6.45) is 1.91. The van der Waals surface area contributed by atoms with E-state index < -0.39 is 0 Å². The molecule has 0 saturated heterocycles. The normalized spacial score (nSPS) is 29.0. The quantitative estimate of drug-likeness (QED) is 0.796. The third kappa shape index (κ3) is 1.97. The highest BCUT2D eigenvalue weighted by Gasteiger charge is 2.42. The fourth-order valence-corrected chi connectivity index (χ4v) is 2.35. The molecule has 1 fully saturated rings. The minimum Gasteiger partial charge on any atom is -0.367 e. The van der Waals surface area contributed by atoms with Crippen molar-refractivity contribution in [2.45, 2.75) is 32.2 Å². The molecule has 1 aliphatic carbocycles. The van der Waals surface area contributed by atoms with E-state index in [9.17, 15) is 5.26 Å². The van der Waals surface area contributed by atoms with Crippen LogP contribution < -0.4 is 5.32 Å². The Kier molecular flexibility index (Phi) is 2.40. The Morgan fingerprint density at radius 2 is 2.20 bits per heavy atom. The lowest BCUT2D eigenvalue weighted by Crippen LogP contribution is -2.48. The van der Waals surface area contributed by atoms with E-state index in [1.807, 2.05) is 12.1 Å². The van der Waals surface area contributed by atoms with Gasteiger partial charge in [-0.2, -0.15) is 5.26 Å². The SMILES string of the molecule is Cc1cccc(NC2(C#N)CC(C)C2)c1. The van der Waals surface area contributed by atoms with Crippen LogP contribution in [0, 0.1) is 24.2 Å². The van der Waals surface area contributed by atoms with Gasteiger partial charge in [-0.15, -0.1) is 0 Å². The zero-order valence-corrected chi connectivity index (χ0v) is 9.25. The van der Waals surface area contributed by atoms with Gasteiger partial charge < -0.3 is 5.32 Å². The summed E-state index contributed by atoms with van der Waals surface area (Å²) in [5.74, 6) is 0.668. The molecule has 0 amide bonds. The molecule has 2 nitrogen and oxygen atoms in total. The number of nitrogens with zero attached hydrogens (tertiary/aromatic N) is 1. The Bertz CT molecular complexity index is 397. The van der Waals surface area contributed by atoms with E-state index in [1.165, 1.54) is 5.56 Å². The number of rotatable bonds is 2. The minimum absolute atomic E-state index is 0.312. The second-order valence-corrected chi connectivity index (χ2v) is 4.70. The van der Waals surface area contributed by atoms with Crippen LogP contribution in [0.15, 0.2) is 24.3 Å². The van der Waals surface area contributed by atoms with Crippen LogP contribution in [0.3, 0.4) is 0 Å². The van der Waals surface area contributed by atoms with Crippen molar-refractivity contribution >= 4 is 5.69 Å². The molecule has 0 bridgehead atoms. The molecule has 2 heteroatoms. The highest BCUT2D eigenvalue weighted by Crippen LogP contribution is 2.39. The van der Waals surface area contributed by atoms with Crippen LogP contribution in [0.5, 0.6) is 0 Å². The fourth-order valence-electron chi connectivity index (χ4n) is 2.35. The lowest BCUT2D eigenvalue weighted by Gasteiger charge is -2.42. The maximum Gasteiger partial charge on any atom is 0.125 e. The lowest BCUT2D eigenvalue weighted by atomic mass is 9.70. The van der Waals surface area contributed by atoms with Gasteiger partial charge in [-0.3, -0.25) is 0 Å². The predicted octanol–water partition coefficient (Wildman–Crippen LogP) is 3.10. The molecule has 78 valence electrons. The third-order valence-electron chi connectivity index (χ3n) is 3.01. The number of anilines is 1. The van der Waals surface area contributed by atoms with E-state index in [-0.39, 0.29) is 5.54 Å². The summed E-state index contributed by atoms with van der Waals surface area (Å²) in [6, 6.07) is 10.6. The molecule has 1 aromatic rings. The number of hydrogen-bond acceptors (Lipinski definition) is 2. The molecule has 0 heterocycles. The summed E-state index contributed by atoms with van der Waals surface area (Å²) in [6.45, 7) is 4.25. The number of benzene rings is 1. The molecule has 0 spiro atoms. The average Bonchev–Trinajstić information content (AvgIpc) is 2.15. The first-order valence-electron chi connectivity index (χ1n) is 5.40. The predicted molar refractivity (Wildman–Crippen MR) is 61.5 cm³/mol. The van der Waals surface area contributed by atoms with Crippen LogP contribution >= 0.6 is 0 Å². The maximum atomic E-state index is 9.17. The Hall–Kier alpha value is -1.49. The molecule has 0 radical (unpaired) electrons. The monoisotopic (exact) mass is 200 g/mol. The first-order chi connectivity index (χ1) is 7.13. The highest BCUT2D eigenvalue weighted by molar-refractivity contribution is 5.50. The first kappa shape index (κ1) is 10.0. The van der Waals surface area contributed by atoms with Gasteiger partial charge in [0.05, 0.1) is 6.07 Å². The van der Waals surface area contributed by atoms with Crippen molar-refractivity contribution in [2.75, 3.05) is 5.32 Å². The number of nitrogens with one attached hydrogen (secondary N) is 1. The topological polar surface area (TPSA) is 35.8 Å². The molecule has 1 aliphatic rings. The van der Waals surface area contributed by atoms with Crippen molar-refractivity contribution < 1.29 is 0 Å². The summed E-state index contributed by atoms with van der Waals surface area (Å²) in [4.78, 5) is 0. The molecule has 1 aromatic carbocycles. The number of nitriles is 1. The molecule has 2 rings (SSSR count). The van der Waals surface area contributed by atoms with Crippen molar-refractivity contribution in [1.29, 1.82) is 5.26 Å². The van der Waals surface area contributed by atoms with Crippen molar-refractivity contribution in [3.05, 3.63) is 29.8 Å². The molecular weight excluding hydrogens is 184 g/mol. The van der Waals surface area contributed by atoms with Gasteiger partial charge in [0.25, 0.3) is 0 Å². The van der Waals surface area contributed by atoms with E-state index in [4.69, 9.17) is 0 Å². The van der Waals surface area contributed by atoms with Crippen molar-refractivity contribution in [1.82, 2.24) is 0 Å². The minimum atomic E-state index is -0.312. The molecule has 0 aromatic heterocycles. The Balaban J connectivity index is 2.12. The van der Waals surface area contributed by atoms with Crippen LogP contribution in [-0.2, 0) is 0 Å². The molecule has 1 saturated carbocycles. The molecule has 0 unspecified atom stereocenters. The second-order valence-electron chi connectivity index (χ2n) is 4.70. The van der Waals surface area contributed by atoms with Gasteiger partial charge in [0.2, 0.25) is 0 Å². The summed E-state index contributed by atoms with van der Waals surface area (Å²) in [7, 11) is 0. The molecule has 0 aliphatic heterocycles. The van der Waals surface area contributed by atoms with Crippen molar-refractivity contribution in [3.8, 4) is 6.07 Å². The van der Waals surface area contributed by atoms with Gasteiger partial charge in [0.1, 0.15) is 5.54 Å². The molecule has 15 heavy (non-hydrogen) atoms. The number of aryl methyl sites for hydroxylation is 1. The van der Waals surface area contributed by atoms with E-state index in [1.54, 1.807) is 0 Å². The average molecular weight is 200 g/mol. The van der Waals surface area contributed by atoms with Crippen LogP contribution in [0.1, 0.15) is 25.3 Å². The van der Waals surface area contributed by atoms with E-state index in [2.05, 4.69) is 37.4 Å². The van der Waals surface area contributed by atoms with Gasteiger partial charge in [-0.05, 0) is 43.4 Å². The summed E-state index contributed by atoms with van der Waals surface area (Å²) in [5.41, 5.74) is 1.97. The van der Waals surface area contributed by atoms with Gasteiger partial charge in [0.15, 0.2) is 0 Å². The van der Waals surface area contributed by atoms with Gasteiger partial charge in [-0.1, -0.05) is 19.1 Å². The Morgan fingerprint density at radius 1 is 1.47 bits per heavy atom. The largest absolute Gasteiger partial charge is 0.367 e. The Labute approximate surface area is 90.9 Å². The highest BCUT2D eigenvalue weighted by atomic mass is 15.0. The summed E-state index contributed by atoms with van der Waals surface area (Å²) in [5, 5.41) is 12.5. The van der Waals surface area contributed by atoms with Crippen LogP contribution in [0.2, 0.25) is 0 Å². The fraction of sp³-hybridized carbons (Fsp3) is 0.462. The van der Waals surface area contributed by atoms with Gasteiger partial charge in [0, 0.05) is 5.69 Å². The van der Waals surface area contributed by atoms with Crippen LogP contribution in [0.4, 0.5) is 5.69 Å². The molecule has 1 N–H and O–H groups in total. The van der Waals surface area contributed by atoms with E-state index in [0.717, 1.165) is 18.5 Å².